The van der Waals surface area contributed by atoms with Crippen molar-refractivity contribution in [2.75, 3.05) is 14.2 Å². The molecule has 0 saturated heterocycles. The number of esters is 1. The number of aromatic amines is 1. The summed E-state index contributed by atoms with van der Waals surface area (Å²) in [5.41, 5.74) is 1.59. The Hall–Kier alpha value is -2.96. The zero-order chi connectivity index (χ0) is 16.4. The van der Waals surface area contributed by atoms with Crippen molar-refractivity contribution < 1.29 is 23.5 Å². The summed E-state index contributed by atoms with van der Waals surface area (Å²) in [7, 11) is 3.13. The van der Waals surface area contributed by atoms with Gasteiger partial charge in [-0.3, -0.25) is 0 Å². The maximum Gasteiger partial charge on any atom is 0.355 e. The summed E-state index contributed by atoms with van der Waals surface area (Å²) >= 11 is 0. The fourth-order valence-corrected chi connectivity index (χ4v) is 2.28. The fourth-order valence-electron chi connectivity index (χ4n) is 2.28. The second-order valence-corrected chi connectivity index (χ2v) is 4.98. The first-order chi connectivity index (χ1) is 11.1. The van der Waals surface area contributed by atoms with Crippen LogP contribution >= 0.6 is 0 Å². The van der Waals surface area contributed by atoms with E-state index in [-0.39, 0.29) is 6.61 Å². The molecule has 0 aliphatic heterocycles. The second-order valence-electron chi connectivity index (χ2n) is 4.98. The highest BCUT2D eigenvalue weighted by Crippen LogP contribution is 2.31. The van der Waals surface area contributed by atoms with Crippen molar-refractivity contribution in [1.82, 2.24) is 10.1 Å². The summed E-state index contributed by atoms with van der Waals surface area (Å²) in [5.74, 6) is 1.42. The summed E-state index contributed by atoms with van der Waals surface area (Å²) in [5, 5.41) is 4.57. The van der Waals surface area contributed by atoms with Crippen molar-refractivity contribution in [3.05, 3.63) is 41.4 Å². The van der Waals surface area contributed by atoms with Crippen molar-refractivity contribution >= 4 is 16.9 Å². The molecule has 0 aliphatic rings. The molecule has 0 amide bonds. The maximum atomic E-state index is 12.2. The first-order valence-electron chi connectivity index (χ1n) is 6.94. The van der Waals surface area contributed by atoms with Gasteiger partial charge in [0.25, 0.3) is 0 Å². The van der Waals surface area contributed by atoms with Crippen molar-refractivity contribution in [2.45, 2.75) is 13.5 Å². The summed E-state index contributed by atoms with van der Waals surface area (Å²) in [6.45, 7) is 1.82. The van der Waals surface area contributed by atoms with Crippen LogP contribution in [0, 0.1) is 6.92 Å². The maximum absolute atomic E-state index is 12.2. The van der Waals surface area contributed by atoms with Crippen LogP contribution in [0.3, 0.4) is 0 Å². The van der Waals surface area contributed by atoms with Gasteiger partial charge in [-0.05, 0) is 19.1 Å². The molecule has 0 atom stereocenters. The molecule has 3 rings (SSSR count). The van der Waals surface area contributed by atoms with E-state index < -0.39 is 5.97 Å². The average Bonchev–Trinajstić information content (AvgIpc) is 3.17. The lowest BCUT2D eigenvalue weighted by Crippen LogP contribution is -2.05. The molecule has 0 fully saturated rings. The third-order valence-electron chi connectivity index (χ3n) is 3.37. The van der Waals surface area contributed by atoms with E-state index in [4.69, 9.17) is 18.7 Å². The molecule has 120 valence electrons. The number of hydrogen-bond acceptors (Lipinski definition) is 6. The SMILES string of the molecule is COc1cc(OC)c2[nH]c(C(=O)OCc3cc(C)on3)cc2c1. The van der Waals surface area contributed by atoms with E-state index in [1.165, 1.54) is 0 Å². The lowest BCUT2D eigenvalue weighted by atomic mass is 10.2. The highest BCUT2D eigenvalue weighted by molar-refractivity contribution is 5.97. The molecule has 0 radical (unpaired) electrons. The number of aryl methyl sites for hydroxylation is 1. The Morgan fingerprint density at radius 2 is 2.04 bits per heavy atom. The van der Waals surface area contributed by atoms with E-state index in [1.807, 2.05) is 6.07 Å². The Morgan fingerprint density at radius 3 is 2.70 bits per heavy atom. The van der Waals surface area contributed by atoms with Crippen molar-refractivity contribution in [1.29, 1.82) is 0 Å². The monoisotopic (exact) mass is 316 g/mol. The number of benzene rings is 1. The Bertz CT molecular complexity index is 849. The molecule has 3 aromatic rings. The molecule has 0 unspecified atom stereocenters. The molecular weight excluding hydrogens is 300 g/mol. The van der Waals surface area contributed by atoms with Gasteiger partial charge in [-0.1, -0.05) is 5.16 Å². The number of methoxy groups -OCH3 is 2. The van der Waals surface area contributed by atoms with Gasteiger partial charge >= 0.3 is 5.97 Å². The van der Waals surface area contributed by atoms with Crippen LogP contribution in [0.1, 0.15) is 21.9 Å². The quantitative estimate of drug-likeness (QED) is 0.728. The Labute approximate surface area is 132 Å². The minimum absolute atomic E-state index is 0.0476. The van der Waals surface area contributed by atoms with E-state index in [0.717, 1.165) is 5.39 Å². The predicted octanol–water partition coefficient (Wildman–Crippen LogP) is 2.84. The van der Waals surface area contributed by atoms with Crippen LogP contribution < -0.4 is 9.47 Å². The highest BCUT2D eigenvalue weighted by Gasteiger charge is 2.15. The van der Waals surface area contributed by atoms with Gasteiger partial charge in [-0.2, -0.15) is 0 Å². The van der Waals surface area contributed by atoms with Crippen molar-refractivity contribution in [3.63, 3.8) is 0 Å². The minimum atomic E-state index is -0.483. The van der Waals surface area contributed by atoms with Gasteiger partial charge in [0, 0.05) is 17.5 Å². The molecule has 0 bridgehead atoms. The first kappa shape index (κ1) is 15.0. The van der Waals surface area contributed by atoms with E-state index in [0.29, 0.717) is 34.2 Å². The number of hydrogen-bond donors (Lipinski definition) is 1. The molecule has 2 heterocycles. The lowest BCUT2D eigenvalue weighted by Gasteiger charge is -2.05. The Balaban J connectivity index is 1.83. The molecular formula is C16H16N2O5. The fraction of sp³-hybridized carbons (Fsp3) is 0.250. The third-order valence-corrected chi connectivity index (χ3v) is 3.37. The number of carbonyl (C=O) groups is 1. The van der Waals surface area contributed by atoms with E-state index >= 15 is 0 Å². The number of ether oxygens (including phenoxy) is 3. The van der Waals surface area contributed by atoms with Gasteiger partial charge in [0.15, 0.2) is 0 Å². The molecule has 1 aromatic carbocycles. The Kier molecular flexibility index (Phi) is 3.92. The van der Waals surface area contributed by atoms with E-state index in [1.54, 1.807) is 39.3 Å². The standard InChI is InChI=1S/C16H16N2O5/c1-9-4-11(18-23-9)8-22-16(19)13-6-10-5-12(20-2)7-14(21-3)15(10)17-13/h4-7,17H,8H2,1-3H3. The third kappa shape index (κ3) is 2.98. The lowest BCUT2D eigenvalue weighted by molar-refractivity contribution is 0.0458. The van der Waals surface area contributed by atoms with Gasteiger partial charge in [0.2, 0.25) is 0 Å². The van der Waals surface area contributed by atoms with Crippen LogP contribution in [0.2, 0.25) is 0 Å². The van der Waals surface area contributed by atoms with Crippen LogP contribution in [0.25, 0.3) is 10.9 Å². The number of rotatable bonds is 5. The van der Waals surface area contributed by atoms with Crippen LogP contribution in [0.4, 0.5) is 0 Å². The largest absolute Gasteiger partial charge is 0.497 e. The molecule has 0 saturated carbocycles. The van der Waals surface area contributed by atoms with Crippen LogP contribution in [0.15, 0.2) is 28.8 Å². The number of nitrogens with one attached hydrogen (secondary N) is 1. The number of nitrogens with zero attached hydrogens (tertiary/aromatic N) is 1. The van der Waals surface area contributed by atoms with E-state index in [2.05, 4.69) is 10.1 Å². The average molecular weight is 316 g/mol. The number of fused-ring (bicyclic) bond motifs is 1. The predicted molar refractivity (Wildman–Crippen MR) is 81.8 cm³/mol. The zero-order valence-electron chi connectivity index (χ0n) is 13.0. The van der Waals surface area contributed by atoms with Gasteiger partial charge in [-0.25, -0.2) is 4.79 Å². The molecule has 0 spiro atoms. The van der Waals surface area contributed by atoms with Gasteiger partial charge in [-0.15, -0.1) is 0 Å². The summed E-state index contributed by atoms with van der Waals surface area (Å²) in [6.07, 6.45) is 0. The van der Waals surface area contributed by atoms with E-state index in [9.17, 15) is 4.79 Å². The molecule has 7 nitrogen and oxygen atoms in total. The number of H-pyrrole nitrogens is 1. The smallest absolute Gasteiger partial charge is 0.355 e. The summed E-state index contributed by atoms with van der Waals surface area (Å²) < 4.78 is 20.7. The number of aromatic nitrogens is 2. The normalized spacial score (nSPS) is 10.7. The van der Waals surface area contributed by atoms with Gasteiger partial charge in [0.1, 0.15) is 35.3 Å². The van der Waals surface area contributed by atoms with Gasteiger partial charge in [0.05, 0.1) is 19.7 Å². The minimum Gasteiger partial charge on any atom is -0.497 e. The number of carbonyl (C=O) groups excluding carboxylic acids is 1. The van der Waals surface area contributed by atoms with Crippen LogP contribution in [0.5, 0.6) is 11.5 Å². The zero-order valence-corrected chi connectivity index (χ0v) is 13.0. The first-order valence-corrected chi connectivity index (χ1v) is 6.94. The molecule has 23 heavy (non-hydrogen) atoms. The molecule has 2 aromatic heterocycles. The van der Waals surface area contributed by atoms with Gasteiger partial charge < -0.3 is 23.7 Å². The summed E-state index contributed by atoms with van der Waals surface area (Å²) in [6, 6.07) is 6.96. The van der Waals surface area contributed by atoms with Crippen LogP contribution in [-0.2, 0) is 11.3 Å². The Morgan fingerprint density at radius 1 is 1.22 bits per heavy atom. The van der Waals surface area contributed by atoms with Crippen molar-refractivity contribution in [2.24, 2.45) is 0 Å². The van der Waals surface area contributed by atoms with Crippen LogP contribution in [-0.4, -0.2) is 30.3 Å². The molecule has 0 aliphatic carbocycles. The summed E-state index contributed by atoms with van der Waals surface area (Å²) in [4.78, 5) is 15.2. The second kappa shape index (κ2) is 6.04. The topological polar surface area (TPSA) is 86.6 Å². The highest BCUT2D eigenvalue weighted by atomic mass is 16.5. The van der Waals surface area contributed by atoms with Crippen molar-refractivity contribution in [3.8, 4) is 11.5 Å². The molecule has 1 N–H and O–H groups in total. The molecule has 7 heteroatoms.